The van der Waals surface area contributed by atoms with Gasteiger partial charge in [-0.25, -0.2) is 4.79 Å². The lowest BCUT2D eigenvalue weighted by Gasteiger charge is -2.18. The first kappa shape index (κ1) is 19.9. The van der Waals surface area contributed by atoms with Crippen LogP contribution in [-0.4, -0.2) is 35.4 Å². The lowest BCUT2D eigenvalue weighted by atomic mass is 10.2. The van der Waals surface area contributed by atoms with E-state index in [4.69, 9.17) is 16.3 Å². The highest BCUT2D eigenvalue weighted by atomic mass is 79.9. The summed E-state index contributed by atoms with van der Waals surface area (Å²) in [4.78, 5) is 35.7. The summed E-state index contributed by atoms with van der Waals surface area (Å²) in [5.41, 5.74) is 0.448. The van der Waals surface area contributed by atoms with E-state index in [0.717, 1.165) is 16.1 Å². The highest BCUT2D eigenvalue weighted by Crippen LogP contribution is 2.25. The van der Waals surface area contributed by atoms with Crippen LogP contribution < -0.4 is 0 Å². The number of nitro benzene ring substituents is 1. The Bertz CT molecular complexity index is 859. The topological polar surface area (TPSA) is 89.8 Å². The quantitative estimate of drug-likeness (QED) is 0.386. The molecule has 2 rings (SSSR count). The molecular weight excluding hydrogens is 428 g/mol. The van der Waals surface area contributed by atoms with Crippen LogP contribution in [0.4, 0.5) is 5.69 Å². The standard InChI is InChI=1S/C17H14BrClN2O5/c1-20(9-12-4-2-3-5-13(12)18)16(22)10-26-17(23)11-6-7-14(19)15(8-11)21(24)25/h2-8H,9-10H2,1H3. The van der Waals surface area contributed by atoms with Gasteiger partial charge in [0.2, 0.25) is 0 Å². The summed E-state index contributed by atoms with van der Waals surface area (Å²) in [5.74, 6) is -1.25. The Balaban J connectivity index is 1.96. The summed E-state index contributed by atoms with van der Waals surface area (Å²) in [6.07, 6.45) is 0. The number of likely N-dealkylation sites (N-methyl/N-ethyl adjacent to an activating group) is 1. The maximum absolute atomic E-state index is 12.1. The second kappa shape index (κ2) is 8.77. The van der Waals surface area contributed by atoms with E-state index in [9.17, 15) is 19.7 Å². The number of nitrogens with zero attached hydrogens (tertiary/aromatic N) is 2. The van der Waals surface area contributed by atoms with Crippen molar-refractivity contribution < 1.29 is 19.2 Å². The van der Waals surface area contributed by atoms with Crippen molar-refractivity contribution in [2.45, 2.75) is 6.54 Å². The molecule has 0 fully saturated rings. The first-order valence-electron chi connectivity index (χ1n) is 7.38. The van der Waals surface area contributed by atoms with Crippen LogP contribution in [0.3, 0.4) is 0 Å². The molecule has 26 heavy (non-hydrogen) atoms. The van der Waals surface area contributed by atoms with Gasteiger partial charge in [0.05, 0.1) is 10.5 Å². The molecule has 7 nitrogen and oxygen atoms in total. The minimum Gasteiger partial charge on any atom is -0.452 e. The molecule has 0 bridgehead atoms. The summed E-state index contributed by atoms with van der Waals surface area (Å²) in [6, 6.07) is 11.0. The number of halogens is 2. The van der Waals surface area contributed by atoms with Gasteiger partial charge in [-0.1, -0.05) is 45.7 Å². The Labute approximate surface area is 162 Å². The molecule has 2 aromatic carbocycles. The zero-order valence-electron chi connectivity index (χ0n) is 13.6. The van der Waals surface area contributed by atoms with E-state index in [0.29, 0.717) is 6.54 Å². The van der Waals surface area contributed by atoms with Gasteiger partial charge in [0.15, 0.2) is 6.61 Å². The number of carbonyl (C=O) groups excluding carboxylic acids is 2. The zero-order valence-corrected chi connectivity index (χ0v) is 16.0. The lowest BCUT2D eigenvalue weighted by Crippen LogP contribution is -2.31. The maximum atomic E-state index is 12.1. The zero-order chi connectivity index (χ0) is 19.3. The molecule has 0 atom stereocenters. The molecule has 2 aromatic rings. The Morgan fingerprint density at radius 3 is 2.62 bits per heavy atom. The molecule has 0 aliphatic heterocycles. The molecule has 9 heteroatoms. The largest absolute Gasteiger partial charge is 0.452 e. The molecule has 0 aliphatic carbocycles. The Morgan fingerprint density at radius 1 is 1.27 bits per heavy atom. The van der Waals surface area contributed by atoms with Crippen LogP contribution in [-0.2, 0) is 16.1 Å². The van der Waals surface area contributed by atoms with E-state index in [2.05, 4.69) is 15.9 Å². The number of esters is 1. The molecule has 0 unspecified atom stereocenters. The summed E-state index contributed by atoms with van der Waals surface area (Å²) in [6.45, 7) is -0.138. The van der Waals surface area contributed by atoms with Gasteiger partial charge in [-0.05, 0) is 23.8 Å². The number of rotatable bonds is 6. The van der Waals surface area contributed by atoms with Crippen LogP contribution in [0.5, 0.6) is 0 Å². The highest BCUT2D eigenvalue weighted by Gasteiger charge is 2.19. The van der Waals surface area contributed by atoms with Crippen molar-refractivity contribution in [1.82, 2.24) is 4.90 Å². The first-order chi connectivity index (χ1) is 12.3. The van der Waals surface area contributed by atoms with E-state index >= 15 is 0 Å². The van der Waals surface area contributed by atoms with Gasteiger partial charge >= 0.3 is 5.97 Å². The van der Waals surface area contributed by atoms with Crippen LogP contribution >= 0.6 is 27.5 Å². The van der Waals surface area contributed by atoms with Crippen molar-refractivity contribution in [1.29, 1.82) is 0 Å². The van der Waals surface area contributed by atoms with E-state index in [1.165, 1.54) is 17.0 Å². The Morgan fingerprint density at radius 2 is 1.96 bits per heavy atom. The van der Waals surface area contributed by atoms with E-state index in [-0.39, 0.29) is 10.6 Å². The summed E-state index contributed by atoms with van der Waals surface area (Å²) in [5, 5.41) is 10.8. The van der Waals surface area contributed by atoms with Crippen molar-refractivity contribution in [3.63, 3.8) is 0 Å². The number of hydrogen-bond acceptors (Lipinski definition) is 5. The third-order valence-corrected chi connectivity index (χ3v) is 4.59. The number of amides is 1. The molecule has 1 amide bonds. The summed E-state index contributed by atoms with van der Waals surface area (Å²) in [7, 11) is 1.59. The number of hydrogen-bond donors (Lipinski definition) is 0. The van der Waals surface area contributed by atoms with Crippen molar-refractivity contribution in [3.8, 4) is 0 Å². The average molecular weight is 442 g/mol. The average Bonchev–Trinajstić information content (AvgIpc) is 2.61. The van der Waals surface area contributed by atoms with E-state index in [1.54, 1.807) is 7.05 Å². The molecule has 0 N–H and O–H groups in total. The first-order valence-corrected chi connectivity index (χ1v) is 8.55. The highest BCUT2D eigenvalue weighted by molar-refractivity contribution is 9.10. The van der Waals surface area contributed by atoms with Crippen LogP contribution in [0.25, 0.3) is 0 Å². The van der Waals surface area contributed by atoms with E-state index < -0.39 is 29.1 Å². The van der Waals surface area contributed by atoms with Gasteiger partial charge in [0.25, 0.3) is 11.6 Å². The van der Waals surface area contributed by atoms with Gasteiger partial charge in [-0.3, -0.25) is 14.9 Å². The van der Waals surface area contributed by atoms with Crippen molar-refractivity contribution in [2.75, 3.05) is 13.7 Å². The fourth-order valence-electron chi connectivity index (χ4n) is 2.07. The van der Waals surface area contributed by atoms with Crippen LogP contribution in [0.1, 0.15) is 15.9 Å². The molecule has 0 aromatic heterocycles. The molecule has 0 aliphatic rings. The predicted octanol–water partition coefficient (Wildman–Crippen LogP) is 3.83. The SMILES string of the molecule is CN(Cc1ccccc1Br)C(=O)COC(=O)c1ccc(Cl)c([N+](=O)[O-])c1. The Hall–Kier alpha value is -2.45. The molecule has 0 heterocycles. The number of benzene rings is 2. The van der Waals surface area contributed by atoms with E-state index in [1.807, 2.05) is 24.3 Å². The van der Waals surface area contributed by atoms with Gasteiger partial charge in [0, 0.05) is 24.1 Å². The molecular formula is C17H14BrClN2O5. The number of ether oxygens (including phenoxy) is 1. The normalized spacial score (nSPS) is 10.3. The second-order valence-electron chi connectivity index (χ2n) is 5.34. The fourth-order valence-corrected chi connectivity index (χ4v) is 2.67. The van der Waals surface area contributed by atoms with Crippen molar-refractivity contribution in [3.05, 3.63) is 73.2 Å². The van der Waals surface area contributed by atoms with Gasteiger partial charge in [0.1, 0.15) is 5.02 Å². The molecule has 0 radical (unpaired) electrons. The summed E-state index contributed by atoms with van der Waals surface area (Å²) >= 11 is 9.10. The maximum Gasteiger partial charge on any atom is 0.338 e. The van der Waals surface area contributed by atoms with Crippen LogP contribution in [0.15, 0.2) is 46.9 Å². The fraction of sp³-hybridized carbons (Fsp3) is 0.176. The lowest BCUT2D eigenvalue weighted by molar-refractivity contribution is -0.384. The van der Waals surface area contributed by atoms with Crippen LogP contribution in [0, 0.1) is 10.1 Å². The number of carbonyl (C=O) groups is 2. The Kier molecular flexibility index (Phi) is 6.70. The second-order valence-corrected chi connectivity index (χ2v) is 6.60. The predicted molar refractivity (Wildman–Crippen MR) is 99.0 cm³/mol. The van der Waals surface area contributed by atoms with Crippen molar-refractivity contribution >= 4 is 45.1 Å². The minimum atomic E-state index is -0.840. The third-order valence-electron chi connectivity index (χ3n) is 3.50. The molecule has 0 saturated heterocycles. The molecule has 0 saturated carbocycles. The molecule has 136 valence electrons. The van der Waals surface area contributed by atoms with Crippen LogP contribution in [0.2, 0.25) is 5.02 Å². The summed E-state index contributed by atoms with van der Waals surface area (Å²) < 4.78 is 5.81. The van der Waals surface area contributed by atoms with Gasteiger partial charge in [-0.15, -0.1) is 0 Å². The monoisotopic (exact) mass is 440 g/mol. The van der Waals surface area contributed by atoms with Gasteiger partial charge in [-0.2, -0.15) is 0 Å². The van der Waals surface area contributed by atoms with Gasteiger partial charge < -0.3 is 9.64 Å². The smallest absolute Gasteiger partial charge is 0.338 e. The third kappa shape index (κ3) is 5.03. The van der Waals surface area contributed by atoms with Crippen molar-refractivity contribution in [2.24, 2.45) is 0 Å². The number of nitro groups is 1. The molecule has 0 spiro atoms. The minimum absolute atomic E-state index is 0.0534.